The molecule has 0 aliphatic heterocycles. The molecule has 3 rings (SSSR count). The summed E-state index contributed by atoms with van der Waals surface area (Å²) in [6, 6.07) is 10.8. The zero-order valence-corrected chi connectivity index (χ0v) is 10.3. The van der Waals surface area contributed by atoms with Crippen molar-refractivity contribution in [2.24, 2.45) is 5.73 Å². The fourth-order valence-electron chi connectivity index (χ4n) is 2.11. The number of phenols is 1. The van der Waals surface area contributed by atoms with Crippen LogP contribution < -0.4 is 11.3 Å². The highest BCUT2D eigenvalue weighted by molar-refractivity contribution is 5.96. The van der Waals surface area contributed by atoms with Crippen LogP contribution in [0.25, 0.3) is 16.7 Å². The van der Waals surface area contributed by atoms with Gasteiger partial charge in [0.1, 0.15) is 17.1 Å². The van der Waals surface area contributed by atoms with Gasteiger partial charge in [-0.05, 0) is 36.4 Å². The summed E-state index contributed by atoms with van der Waals surface area (Å²) in [7, 11) is 0. The average molecular weight is 269 g/mol. The first-order valence-electron chi connectivity index (χ1n) is 5.90. The number of phenolic OH excluding ortho intramolecular Hbond substituents is 1. The second-order valence-corrected chi connectivity index (χ2v) is 4.37. The van der Waals surface area contributed by atoms with Crippen molar-refractivity contribution in [3.05, 3.63) is 58.5 Å². The quantitative estimate of drug-likeness (QED) is 0.649. The molecule has 20 heavy (non-hydrogen) atoms. The number of carbonyl (C=O) groups excluding carboxylic acids is 1. The molecule has 0 aliphatic carbocycles. The Morgan fingerprint density at radius 2 is 1.85 bits per heavy atom. The largest absolute Gasteiger partial charge is 0.508 e. The molecule has 0 bridgehead atoms. The number of aromatic hydroxyl groups is 1. The number of aromatic nitrogens is 2. The van der Waals surface area contributed by atoms with Gasteiger partial charge >= 0.3 is 0 Å². The Hall–Kier alpha value is -3.02. The van der Waals surface area contributed by atoms with Gasteiger partial charge < -0.3 is 15.8 Å². The van der Waals surface area contributed by atoms with Gasteiger partial charge in [0, 0.05) is 11.5 Å². The summed E-state index contributed by atoms with van der Waals surface area (Å²) in [4.78, 5) is 26.1. The second-order valence-electron chi connectivity index (χ2n) is 4.37. The van der Waals surface area contributed by atoms with Crippen molar-refractivity contribution in [1.29, 1.82) is 0 Å². The number of aromatic amines is 1. The molecule has 2 aromatic heterocycles. The number of amides is 1. The topological polar surface area (TPSA) is 101 Å². The summed E-state index contributed by atoms with van der Waals surface area (Å²) in [6.07, 6.45) is 0. The van der Waals surface area contributed by atoms with E-state index in [0.717, 1.165) is 0 Å². The third-order valence-electron chi connectivity index (χ3n) is 3.05. The lowest BCUT2D eigenvalue weighted by molar-refractivity contribution is 0.0996. The first kappa shape index (κ1) is 12.0. The van der Waals surface area contributed by atoms with Crippen LogP contribution in [0, 0.1) is 0 Å². The number of H-pyrrole nitrogens is 1. The van der Waals surface area contributed by atoms with Crippen LogP contribution in [-0.2, 0) is 0 Å². The van der Waals surface area contributed by atoms with Crippen LogP contribution >= 0.6 is 0 Å². The maximum Gasteiger partial charge on any atom is 0.265 e. The van der Waals surface area contributed by atoms with Crippen molar-refractivity contribution in [3.8, 4) is 11.4 Å². The number of primary amides is 1. The molecule has 0 fully saturated rings. The van der Waals surface area contributed by atoms with E-state index < -0.39 is 5.91 Å². The monoisotopic (exact) mass is 269 g/mol. The molecule has 0 spiro atoms. The molecule has 0 saturated carbocycles. The number of nitrogens with two attached hydrogens (primary N) is 1. The van der Waals surface area contributed by atoms with E-state index in [1.807, 2.05) is 0 Å². The summed E-state index contributed by atoms with van der Waals surface area (Å²) in [5.41, 5.74) is 6.28. The number of pyridine rings is 1. The van der Waals surface area contributed by atoms with E-state index in [1.165, 1.54) is 22.8 Å². The van der Waals surface area contributed by atoms with Gasteiger partial charge in [-0.3, -0.25) is 14.2 Å². The molecule has 4 N–H and O–H groups in total. The Kier molecular flexibility index (Phi) is 2.57. The van der Waals surface area contributed by atoms with Gasteiger partial charge in [0.15, 0.2) is 0 Å². The Morgan fingerprint density at radius 1 is 1.15 bits per heavy atom. The lowest BCUT2D eigenvalue weighted by Gasteiger charge is -2.07. The normalized spacial score (nSPS) is 10.8. The number of carbonyl (C=O) groups is 1. The highest BCUT2D eigenvalue weighted by Crippen LogP contribution is 2.18. The van der Waals surface area contributed by atoms with Gasteiger partial charge in [-0.15, -0.1) is 0 Å². The first-order valence-corrected chi connectivity index (χ1v) is 5.90. The van der Waals surface area contributed by atoms with E-state index >= 15 is 0 Å². The van der Waals surface area contributed by atoms with Gasteiger partial charge in [0.2, 0.25) is 0 Å². The number of nitrogens with zero attached hydrogens (tertiary/aromatic N) is 1. The first-order chi connectivity index (χ1) is 9.56. The standard InChI is InChI=1S/C14H11N3O3/c15-13(20)11-7-8-1-6-12(19)17(14(8)16-11)9-2-4-10(18)5-3-9/h1-7,16,18H,(H2,15,20). The van der Waals surface area contributed by atoms with Crippen molar-refractivity contribution >= 4 is 16.9 Å². The minimum Gasteiger partial charge on any atom is -0.508 e. The van der Waals surface area contributed by atoms with E-state index in [1.54, 1.807) is 24.3 Å². The zero-order valence-electron chi connectivity index (χ0n) is 10.3. The summed E-state index contributed by atoms with van der Waals surface area (Å²) < 4.78 is 1.42. The Labute approximate surface area is 113 Å². The van der Waals surface area contributed by atoms with Crippen molar-refractivity contribution < 1.29 is 9.90 Å². The number of benzene rings is 1. The highest BCUT2D eigenvalue weighted by Gasteiger charge is 2.11. The van der Waals surface area contributed by atoms with Crippen LogP contribution in [0.4, 0.5) is 0 Å². The van der Waals surface area contributed by atoms with Crippen LogP contribution in [-0.4, -0.2) is 20.6 Å². The van der Waals surface area contributed by atoms with Crippen molar-refractivity contribution in [2.45, 2.75) is 0 Å². The maximum absolute atomic E-state index is 12.1. The van der Waals surface area contributed by atoms with Crippen molar-refractivity contribution in [3.63, 3.8) is 0 Å². The smallest absolute Gasteiger partial charge is 0.265 e. The van der Waals surface area contributed by atoms with Gasteiger partial charge in [-0.25, -0.2) is 0 Å². The third-order valence-corrected chi connectivity index (χ3v) is 3.05. The van der Waals surface area contributed by atoms with Crippen molar-refractivity contribution in [1.82, 2.24) is 9.55 Å². The molecule has 0 aliphatic rings. The fourth-order valence-corrected chi connectivity index (χ4v) is 2.11. The van der Waals surface area contributed by atoms with Gasteiger partial charge in [-0.2, -0.15) is 0 Å². The number of rotatable bonds is 2. The lowest BCUT2D eigenvalue weighted by atomic mass is 10.2. The van der Waals surface area contributed by atoms with Crippen LogP contribution in [0.15, 0.2) is 47.3 Å². The molecule has 1 amide bonds. The van der Waals surface area contributed by atoms with E-state index in [0.29, 0.717) is 16.7 Å². The molecule has 0 radical (unpaired) electrons. The molecule has 1 aromatic carbocycles. The molecular weight excluding hydrogens is 258 g/mol. The zero-order chi connectivity index (χ0) is 14.3. The van der Waals surface area contributed by atoms with E-state index in [2.05, 4.69) is 4.98 Å². The SMILES string of the molecule is NC(=O)c1cc2ccc(=O)n(-c3ccc(O)cc3)c2[nH]1. The summed E-state index contributed by atoms with van der Waals surface area (Å²) >= 11 is 0. The molecule has 6 nitrogen and oxygen atoms in total. The predicted octanol–water partition coefficient (Wildman–Crippen LogP) is 1.12. The lowest BCUT2D eigenvalue weighted by Crippen LogP contribution is -2.17. The second kappa shape index (κ2) is 4.27. The maximum atomic E-state index is 12.1. The number of nitrogens with one attached hydrogen (secondary N) is 1. The van der Waals surface area contributed by atoms with E-state index in [-0.39, 0.29) is 17.0 Å². The number of hydrogen-bond donors (Lipinski definition) is 3. The molecule has 3 aromatic rings. The Balaban J connectivity index is 2.33. The Morgan fingerprint density at radius 3 is 2.50 bits per heavy atom. The molecular formula is C14H11N3O3. The predicted molar refractivity (Wildman–Crippen MR) is 74.1 cm³/mol. The number of hydrogen-bond acceptors (Lipinski definition) is 3. The molecule has 0 atom stereocenters. The summed E-state index contributed by atoms with van der Waals surface area (Å²) in [6.45, 7) is 0. The molecule has 6 heteroatoms. The minimum atomic E-state index is -0.592. The van der Waals surface area contributed by atoms with Gasteiger partial charge in [0.25, 0.3) is 11.5 Å². The van der Waals surface area contributed by atoms with E-state index in [9.17, 15) is 14.7 Å². The molecule has 0 saturated heterocycles. The van der Waals surface area contributed by atoms with Gasteiger partial charge in [0.05, 0.1) is 5.69 Å². The van der Waals surface area contributed by atoms with Crippen LogP contribution in [0.3, 0.4) is 0 Å². The summed E-state index contributed by atoms with van der Waals surface area (Å²) in [5, 5.41) is 10.0. The Bertz CT molecular complexity index is 859. The highest BCUT2D eigenvalue weighted by atomic mass is 16.3. The molecule has 100 valence electrons. The van der Waals surface area contributed by atoms with Crippen LogP contribution in [0.5, 0.6) is 5.75 Å². The van der Waals surface area contributed by atoms with Crippen LogP contribution in [0.1, 0.15) is 10.5 Å². The number of fused-ring (bicyclic) bond motifs is 1. The summed E-state index contributed by atoms with van der Waals surface area (Å²) in [5.74, 6) is -0.482. The van der Waals surface area contributed by atoms with Crippen LogP contribution in [0.2, 0.25) is 0 Å². The third kappa shape index (κ3) is 1.83. The fraction of sp³-hybridized carbons (Fsp3) is 0. The van der Waals surface area contributed by atoms with Crippen molar-refractivity contribution in [2.75, 3.05) is 0 Å². The minimum absolute atomic E-state index is 0.110. The van der Waals surface area contributed by atoms with E-state index in [4.69, 9.17) is 5.73 Å². The average Bonchev–Trinajstić information content (AvgIpc) is 2.84. The van der Waals surface area contributed by atoms with Gasteiger partial charge in [-0.1, -0.05) is 0 Å². The molecule has 0 unspecified atom stereocenters. The molecule has 2 heterocycles.